The first-order chi connectivity index (χ1) is 7.93. The largest absolute Gasteiger partial charge is 0.495 e. The van der Waals surface area contributed by atoms with Crippen LogP contribution in [0.2, 0.25) is 0 Å². The molecule has 0 aromatic heterocycles. The third-order valence-electron chi connectivity index (χ3n) is 2.70. The molecule has 3 nitrogen and oxygen atoms in total. The molecule has 0 saturated carbocycles. The molecule has 1 aromatic rings. The van der Waals surface area contributed by atoms with Crippen molar-refractivity contribution >= 4 is 11.6 Å². The van der Waals surface area contributed by atoms with Gasteiger partial charge in [0.05, 0.1) is 18.7 Å². The Bertz CT molecular complexity index is 457. The van der Waals surface area contributed by atoms with Crippen LogP contribution >= 0.6 is 0 Å². The van der Waals surface area contributed by atoms with Crippen molar-refractivity contribution in [2.45, 2.75) is 18.5 Å². The Balaban J connectivity index is 2.55. The van der Waals surface area contributed by atoms with E-state index in [0.717, 1.165) is 0 Å². The minimum atomic E-state index is -4.43. The summed E-state index contributed by atoms with van der Waals surface area (Å²) in [6.07, 6.45) is -5.01. The molecular weight excluding hydrogens is 235 g/mol. The molecule has 0 aliphatic carbocycles. The molecule has 6 heteroatoms. The monoisotopic (exact) mass is 245 g/mol. The van der Waals surface area contributed by atoms with Crippen LogP contribution in [0.15, 0.2) is 18.2 Å². The number of para-hydroxylation sites is 1. The molecule has 1 unspecified atom stereocenters. The maximum atomic E-state index is 12.8. The van der Waals surface area contributed by atoms with Gasteiger partial charge in [-0.3, -0.25) is 4.79 Å². The molecule has 1 amide bonds. The quantitative estimate of drug-likeness (QED) is 0.826. The number of benzene rings is 1. The highest BCUT2D eigenvalue weighted by molar-refractivity contribution is 5.96. The first-order valence-corrected chi connectivity index (χ1v) is 4.97. The van der Waals surface area contributed by atoms with Crippen molar-refractivity contribution in [2.24, 2.45) is 0 Å². The Hall–Kier alpha value is -1.72. The predicted octanol–water partition coefficient (Wildman–Crippen LogP) is 2.68. The number of alkyl halides is 3. The number of hydrogen-bond donors (Lipinski definition) is 1. The van der Waals surface area contributed by atoms with Gasteiger partial charge in [-0.05, 0) is 11.6 Å². The number of hydrogen-bond acceptors (Lipinski definition) is 2. The van der Waals surface area contributed by atoms with Crippen molar-refractivity contribution in [3.63, 3.8) is 0 Å². The van der Waals surface area contributed by atoms with Crippen LogP contribution in [0, 0.1) is 0 Å². The smallest absolute Gasteiger partial charge is 0.396 e. The van der Waals surface area contributed by atoms with Gasteiger partial charge in [0.2, 0.25) is 5.91 Å². The first-order valence-electron chi connectivity index (χ1n) is 4.97. The summed E-state index contributed by atoms with van der Waals surface area (Å²) >= 11 is 0. The fraction of sp³-hybridized carbons (Fsp3) is 0.364. The molecule has 0 saturated heterocycles. The van der Waals surface area contributed by atoms with Crippen LogP contribution in [-0.2, 0) is 4.79 Å². The minimum absolute atomic E-state index is 0.0523. The van der Waals surface area contributed by atoms with Gasteiger partial charge < -0.3 is 10.1 Å². The molecule has 1 atom stereocenters. The lowest BCUT2D eigenvalue weighted by molar-refractivity contribution is -0.156. The fourth-order valence-electron chi connectivity index (χ4n) is 1.92. The Kier molecular flexibility index (Phi) is 2.73. The Morgan fingerprint density at radius 3 is 2.71 bits per heavy atom. The number of rotatable bonds is 1. The third-order valence-corrected chi connectivity index (χ3v) is 2.70. The molecule has 0 radical (unpaired) electrons. The molecule has 1 aliphatic rings. The molecule has 17 heavy (non-hydrogen) atoms. The van der Waals surface area contributed by atoms with Gasteiger partial charge in [0.25, 0.3) is 0 Å². The van der Waals surface area contributed by atoms with Gasteiger partial charge in [-0.1, -0.05) is 12.1 Å². The number of halogens is 3. The van der Waals surface area contributed by atoms with Gasteiger partial charge >= 0.3 is 6.18 Å². The van der Waals surface area contributed by atoms with Gasteiger partial charge in [-0.15, -0.1) is 0 Å². The Morgan fingerprint density at radius 1 is 1.41 bits per heavy atom. The molecule has 0 fully saturated rings. The maximum absolute atomic E-state index is 12.8. The Morgan fingerprint density at radius 2 is 2.12 bits per heavy atom. The maximum Gasteiger partial charge on any atom is 0.396 e. The van der Waals surface area contributed by atoms with Gasteiger partial charge in [-0.2, -0.15) is 13.2 Å². The lowest BCUT2D eigenvalue weighted by Gasteiger charge is -2.28. The van der Waals surface area contributed by atoms with Crippen LogP contribution in [0.1, 0.15) is 17.9 Å². The zero-order valence-electron chi connectivity index (χ0n) is 8.97. The molecule has 1 aromatic carbocycles. The highest BCUT2D eigenvalue weighted by Gasteiger charge is 2.45. The molecule has 92 valence electrons. The molecule has 0 bridgehead atoms. The van der Waals surface area contributed by atoms with E-state index in [-0.39, 0.29) is 17.0 Å². The lowest BCUT2D eigenvalue weighted by Crippen LogP contribution is -2.31. The summed E-state index contributed by atoms with van der Waals surface area (Å²) in [6, 6.07) is 4.35. The van der Waals surface area contributed by atoms with Gasteiger partial charge in [0.1, 0.15) is 5.75 Å². The number of fused-ring (bicyclic) bond motifs is 1. The molecule has 1 N–H and O–H groups in total. The topological polar surface area (TPSA) is 38.3 Å². The van der Waals surface area contributed by atoms with Gasteiger partial charge in [0, 0.05) is 6.42 Å². The second-order valence-electron chi connectivity index (χ2n) is 3.77. The highest BCUT2D eigenvalue weighted by Crippen LogP contribution is 2.45. The second kappa shape index (κ2) is 3.94. The van der Waals surface area contributed by atoms with E-state index < -0.39 is 24.4 Å². The van der Waals surface area contributed by atoms with E-state index in [1.165, 1.54) is 25.3 Å². The summed E-state index contributed by atoms with van der Waals surface area (Å²) in [5.41, 5.74) is 0.171. The highest BCUT2D eigenvalue weighted by atomic mass is 19.4. The van der Waals surface area contributed by atoms with Crippen molar-refractivity contribution < 1.29 is 22.7 Å². The number of nitrogens with one attached hydrogen (secondary N) is 1. The van der Waals surface area contributed by atoms with Crippen LogP contribution in [0.3, 0.4) is 0 Å². The zero-order chi connectivity index (χ0) is 12.6. The van der Waals surface area contributed by atoms with E-state index in [4.69, 9.17) is 4.74 Å². The normalized spacial score (nSPS) is 19.5. The van der Waals surface area contributed by atoms with Gasteiger partial charge in [0.15, 0.2) is 0 Å². The van der Waals surface area contributed by atoms with Crippen molar-refractivity contribution in [1.29, 1.82) is 0 Å². The van der Waals surface area contributed by atoms with Crippen LogP contribution < -0.4 is 10.1 Å². The molecular formula is C11H10F3NO2. The number of ether oxygens (including phenoxy) is 1. The van der Waals surface area contributed by atoms with Crippen molar-refractivity contribution in [1.82, 2.24) is 0 Å². The van der Waals surface area contributed by atoms with E-state index >= 15 is 0 Å². The van der Waals surface area contributed by atoms with Crippen molar-refractivity contribution in [3.8, 4) is 5.75 Å². The van der Waals surface area contributed by atoms with Gasteiger partial charge in [-0.25, -0.2) is 0 Å². The number of methoxy groups -OCH3 is 1. The number of amides is 1. The average molecular weight is 245 g/mol. The van der Waals surface area contributed by atoms with E-state index in [1.54, 1.807) is 0 Å². The summed E-state index contributed by atoms with van der Waals surface area (Å²) in [7, 11) is 1.35. The first kappa shape index (κ1) is 11.8. The summed E-state index contributed by atoms with van der Waals surface area (Å²) < 4.78 is 43.4. The minimum Gasteiger partial charge on any atom is -0.495 e. The van der Waals surface area contributed by atoms with Crippen molar-refractivity contribution in [2.75, 3.05) is 12.4 Å². The summed E-state index contributed by atoms with van der Waals surface area (Å²) in [5.74, 6) is -2.17. The average Bonchev–Trinajstić information content (AvgIpc) is 2.26. The van der Waals surface area contributed by atoms with Crippen molar-refractivity contribution in [3.05, 3.63) is 23.8 Å². The van der Waals surface area contributed by atoms with E-state index in [1.807, 2.05) is 0 Å². The van der Waals surface area contributed by atoms with E-state index in [2.05, 4.69) is 5.32 Å². The number of carbonyl (C=O) groups is 1. The van der Waals surface area contributed by atoms with E-state index in [0.29, 0.717) is 0 Å². The predicted molar refractivity (Wildman–Crippen MR) is 55.0 cm³/mol. The van der Waals surface area contributed by atoms with Crippen LogP contribution in [0.25, 0.3) is 0 Å². The second-order valence-corrected chi connectivity index (χ2v) is 3.77. The Labute approximate surface area is 95.6 Å². The third kappa shape index (κ3) is 2.07. The summed E-state index contributed by atoms with van der Waals surface area (Å²) in [4.78, 5) is 11.3. The fourth-order valence-corrected chi connectivity index (χ4v) is 1.92. The number of anilines is 1. The molecule has 1 heterocycles. The standard InChI is InChI=1S/C11H10F3NO2/c1-17-8-4-2-3-6-7(11(12,13)14)5-9(16)15-10(6)8/h2-4,7H,5H2,1H3,(H,15,16). The number of carbonyl (C=O) groups excluding carboxylic acids is 1. The lowest BCUT2D eigenvalue weighted by atomic mass is 9.89. The molecule has 0 spiro atoms. The molecule has 2 rings (SSSR count). The molecule has 1 aliphatic heterocycles. The SMILES string of the molecule is COc1cccc2c1NC(=O)CC2C(F)(F)F. The summed E-state index contributed by atoms with van der Waals surface area (Å²) in [6.45, 7) is 0. The van der Waals surface area contributed by atoms with Crippen LogP contribution in [0.4, 0.5) is 18.9 Å². The summed E-state index contributed by atoms with van der Waals surface area (Å²) in [5, 5.41) is 2.42. The van der Waals surface area contributed by atoms with Crippen LogP contribution in [0.5, 0.6) is 5.75 Å². The zero-order valence-corrected chi connectivity index (χ0v) is 8.97. The van der Waals surface area contributed by atoms with Crippen LogP contribution in [-0.4, -0.2) is 19.2 Å². The van der Waals surface area contributed by atoms with E-state index in [9.17, 15) is 18.0 Å².